The Morgan fingerprint density at radius 2 is 1.95 bits per heavy atom. The summed E-state index contributed by atoms with van der Waals surface area (Å²) in [5, 5.41) is 6.30. The Bertz CT molecular complexity index is 413. The molecule has 0 bridgehead atoms. The van der Waals surface area contributed by atoms with Crippen LogP contribution in [0.15, 0.2) is 4.99 Å². The van der Waals surface area contributed by atoms with E-state index >= 15 is 0 Å². The van der Waals surface area contributed by atoms with Gasteiger partial charge in [0.05, 0.1) is 19.4 Å². The molecule has 128 valence electrons. The highest BCUT2D eigenvalue weighted by molar-refractivity contribution is 14.0. The molecule has 3 N–H and O–H groups in total. The van der Waals surface area contributed by atoms with Gasteiger partial charge in [-0.1, -0.05) is 0 Å². The van der Waals surface area contributed by atoms with Crippen LogP contribution in [0.5, 0.6) is 0 Å². The molecule has 0 radical (unpaired) electrons. The predicted molar refractivity (Wildman–Crippen MR) is 97.9 cm³/mol. The number of nitrogens with one attached hydrogen (secondary N) is 3. The zero-order valence-electron chi connectivity index (χ0n) is 13.7. The lowest BCUT2D eigenvalue weighted by molar-refractivity contribution is 0.179. The highest BCUT2D eigenvalue weighted by Gasteiger charge is 2.22. The van der Waals surface area contributed by atoms with Crippen molar-refractivity contribution in [2.45, 2.75) is 39.3 Å². The van der Waals surface area contributed by atoms with Gasteiger partial charge < -0.3 is 15.4 Å². The second-order valence-corrected chi connectivity index (χ2v) is 7.20. The molecule has 0 aromatic carbocycles. The lowest BCUT2D eigenvalue weighted by Gasteiger charge is -2.24. The first-order chi connectivity index (χ1) is 9.09. The molecular formula is C12H29IN4O3S. The lowest BCUT2D eigenvalue weighted by atomic mass is 10.1. The minimum absolute atomic E-state index is 0. The van der Waals surface area contributed by atoms with Gasteiger partial charge in [-0.3, -0.25) is 4.99 Å². The molecule has 0 spiro atoms. The molecule has 0 amide bonds. The number of hydrogen-bond acceptors (Lipinski definition) is 4. The van der Waals surface area contributed by atoms with E-state index in [0.717, 1.165) is 12.8 Å². The van der Waals surface area contributed by atoms with E-state index in [2.05, 4.69) is 20.3 Å². The third-order valence-corrected chi connectivity index (χ3v) is 3.16. The number of nitrogens with zero attached hydrogens (tertiary/aromatic N) is 1. The minimum atomic E-state index is -3.25. The van der Waals surface area contributed by atoms with Crippen molar-refractivity contribution in [1.29, 1.82) is 0 Å². The molecule has 0 aliphatic carbocycles. The van der Waals surface area contributed by atoms with Gasteiger partial charge in [0.15, 0.2) is 5.96 Å². The molecule has 1 atom stereocenters. The van der Waals surface area contributed by atoms with Crippen molar-refractivity contribution in [3.05, 3.63) is 0 Å². The van der Waals surface area contributed by atoms with Crippen LogP contribution in [-0.2, 0) is 14.8 Å². The average molecular weight is 436 g/mol. The largest absolute Gasteiger partial charge is 0.383 e. The molecule has 0 heterocycles. The molecule has 0 saturated heterocycles. The molecule has 0 aliphatic rings. The summed E-state index contributed by atoms with van der Waals surface area (Å²) in [6.07, 6.45) is 1.14. The van der Waals surface area contributed by atoms with Crippen molar-refractivity contribution in [2.75, 3.05) is 33.1 Å². The van der Waals surface area contributed by atoms with Crippen LogP contribution in [0.4, 0.5) is 0 Å². The van der Waals surface area contributed by atoms with E-state index < -0.39 is 15.6 Å². The van der Waals surface area contributed by atoms with Crippen molar-refractivity contribution in [1.82, 2.24) is 15.4 Å². The summed E-state index contributed by atoms with van der Waals surface area (Å²) in [6, 6.07) is 0.115. The first kappa shape index (κ1) is 23.1. The molecule has 0 saturated carbocycles. The molecule has 0 aliphatic heterocycles. The molecule has 7 nitrogen and oxygen atoms in total. The molecule has 9 heteroatoms. The predicted octanol–water partition coefficient (Wildman–Crippen LogP) is 0.522. The van der Waals surface area contributed by atoms with E-state index in [-0.39, 0.29) is 30.0 Å². The van der Waals surface area contributed by atoms with E-state index in [4.69, 9.17) is 4.74 Å². The Balaban J connectivity index is 0. The van der Waals surface area contributed by atoms with Gasteiger partial charge in [-0.15, -0.1) is 24.0 Å². The van der Waals surface area contributed by atoms with E-state index in [1.165, 1.54) is 0 Å². The second-order valence-electron chi connectivity index (χ2n) is 5.45. The fourth-order valence-electron chi connectivity index (χ4n) is 1.66. The monoisotopic (exact) mass is 436 g/mol. The van der Waals surface area contributed by atoms with Gasteiger partial charge in [0.2, 0.25) is 10.0 Å². The number of aliphatic imine (C=N–C) groups is 1. The van der Waals surface area contributed by atoms with Crippen LogP contribution in [-0.4, -0.2) is 59.0 Å². The molecule has 0 aromatic rings. The number of methoxy groups -OCH3 is 1. The van der Waals surface area contributed by atoms with E-state index in [9.17, 15) is 8.42 Å². The summed E-state index contributed by atoms with van der Waals surface area (Å²) in [5.74, 6) is 0.639. The quantitative estimate of drug-likeness (QED) is 0.293. The highest BCUT2D eigenvalue weighted by Crippen LogP contribution is 2.04. The zero-order chi connectivity index (χ0) is 15.8. The lowest BCUT2D eigenvalue weighted by Crippen LogP contribution is -2.48. The van der Waals surface area contributed by atoms with Crippen molar-refractivity contribution in [2.24, 2.45) is 4.99 Å². The Morgan fingerprint density at radius 3 is 2.38 bits per heavy atom. The fourth-order valence-corrected chi connectivity index (χ4v) is 2.72. The minimum Gasteiger partial charge on any atom is -0.383 e. The summed E-state index contributed by atoms with van der Waals surface area (Å²) < 4.78 is 30.2. The standard InChI is InChI=1S/C12H28N4O3S.HI/c1-7-13-11(15-10(2)8-19-5)14-9-12(3,4)16-20(6,17)18;/h10,16H,7-9H2,1-6H3,(H2,13,14,15);1H. The third-order valence-electron chi connectivity index (χ3n) is 2.24. The number of guanidine groups is 1. The van der Waals surface area contributed by atoms with E-state index in [1.54, 1.807) is 21.0 Å². The van der Waals surface area contributed by atoms with Crippen molar-refractivity contribution >= 4 is 40.0 Å². The fraction of sp³-hybridized carbons (Fsp3) is 0.917. The first-order valence-corrected chi connectivity index (χ1v) is 8.51. The SMILES string of the molecule is CCNC(=NCC(C)(C)NS(C)(=O)=O)NC(C)COC.I. The van der Waals surface area contributed by atoms with E-state index in [0.29, 0.717) is 19.1 Å². The van der Waals surface area contributed by atoms with E-state index in [1.807, 2.05) is 13.8 Å². The molecule has 1 unspecified atom stereocenters. The van der Waals surface area contributed by atoms with Crippen molar-refractivity contribution in [3.8, 4) is 0 Å². The van der Waals surface area contributed by atoms with Gasteiger partial charge in [0, 0.05) is 25.2 Å². The summed E-state index contributed by atoms with van der Waals surface area (Å²) in [7, 11) is -1.61. The smallest absolute Gasteiger partial charge is 0.209 e. The number of rotatable bonds is 8. The highest BCUT2D eigenvalue weighted by atomic mass is 127. The maximum Gasteiger partial charge on any atom is 0.209 e. The summed E-state index contributed by atoms with van der Waals surface area (Å²) in [4.78, 5) is 4.40. The van der Waals surface area contributed by atoms with Crippen molar-refractivity contribution in [3.63, 3.8) is 0 Å². The number of hydrogen-bond donors (Lipinski definition) is 3. The first-order valence-electron chi connectivity index (χ1n) is 6.62. The van der Waals surface area contributed by atoms with Crippen LogP contribution in [0.1, 0.15) is 27.7 Å². The van der Waals surface area contributed by atoms with Crippen LogP contribution >= 0.6 is 24.0 Å². The average Bonchev–Trinajstić information content (AvgIpc) is 2.23. The zero-order valence-corrected chi connectivity index (χ0v) is 16.8. The van der Waals surface area contributed by atoms with Gasteiger partial charge in [-0.05, 0) is 27.7 Å². The van der Waals surface area contributed by atoms with Crippen LogP contribution in [0.2, 0.25) is 0 Å². The molecule has 0 rings (SSSR count). The van der Waals surface area contributed by atoms with Crippen molar-refractivity contribution < 1.29 is 13.2 Å². The Hall–Kier alpha value is -0.130. The Labute approximate surface area is 145 Å². The molecule has 0 fully saturated rings. The summed E-state index contributed by atoms with van der Waals surface area (Å²) in [5.41, 5.74) is -0.638. The number of halogens is 1. The van der Waals surface area contributed by atoms with Crippen LogP contribution in [0.25, 0.3) is 0 Å². The topological polar surface area (TPSA) is 91.8 Å². The number of sulfonamides is 1. The maximum absolute atomic E-state index is 11.3. The second kappa shape index (κ2) is 10.6. The van der Waals surface area contributed by atoms with Gasteiger partial charge in [-0.25, -0.2) is 13.1 Å². The third kappa shape index (κ3) is 13.3. The molecule has 0 aromatic heterocycles. The Morgan fingerprint density at radius 1 is 1.38 bits per heavy atom. The maximum atomic E-state index is 11.3. The van der Waals surface area contributed by atoms with Gasteiger partial charge >= 0.3 is 0 Å². The van der Waals surface area contributed by atoms with Gasteiger partial charge in [0.25, 0.3) is 0 Å². The van der Waals surface area contributed by atoms with Crippen LogP contribution in [0.3, 0.4) is 0 Å². The number of ether oxygens (including phenoxy) is 1. The van der Waals surface area contributed by atoms with Crippen LogP contribution in [0, 0.1) is 0 Å². The summed E-state index contributed by atoms with van der Waals surface area (Å²) >= 11 is 0. The van der Waals surface area contributed by atoms with Gasteiger partial charge in [-0.2, -0.15) is 0 Å². The normalized spacial score (nSPS) is 14.3. The van der Waals surface area contributed by atoms with Gasteiger partial charge in [0.1, 0.15) is 0 Å². The van der Waals surface area contributed by atoms with Crippen LogP contribution < -0.4 is 15.4 Å². The summed E-state index contributed by atoms with van der Waals surface area (Å²) in [6.45, 7) is 9.16. The molecular weight excluding hydrogens is 407 g/mol. The molecule has 21 heavy (non-hydrogen) atoms. The Kier molecular flexibility index (Phi) is 11.6.